The number of hydrogen-bond acceptors (Lipinski definition) is 4. The Hall–Kier alpha value is -2.10. The summed E-state index contributed by atoms with van der Waals surface area (Å²) in [6.45, 7) is 11.8. The molecular formula is C20H28O4. The largest absolute Gasteiger partial charge is 0.466 e. The zero-order valence-electron chi connectivity index (χ0n) is 15.1. The zero-order chi connectivity index (χ0) is 18.1. The fraction of sp³-hybridized carbons (Fsp3) is 0.500. The minimum atomic E-state index is -0.400. The second-order valence-corrected chi connectivity index (χ2v) is 6.26. The van der Waals surface area contributed by atoms with E-state index in [9.17, 15) is 9.59 Å². The molecule has 0 amide bonds. The number of benzene rings is 1. The molecule has 0 aliphatic heterocycles. The average molecular weight is 332 g/mol. The first-order valence-electron chi connectivity index (χ1n) is 8.38. The van der Waals surface area contributed by atoms with Crippen molar-refractivity contribution >= 4 is 11.9 Å². The van der Waals surface area contributed by atoms with Gasteiger partial charge in [-0.05, 0) is 31.7 Å². The molecule has 2 unspecified atom stereocenters. The van der Waals surface area contributed by atoms with E-state index in [2.05, 4.69) is 6.58 Å². The lowest BCUT2D eigenvalue weighted by Crippen LogP contribution is -2.32. The molecule has 0 N–H and O–H groups in total. The van der Waals surface area contributed by atoms with Crippen molar-refractivity contribution in [2.45, 2.75) is 40.7 Å². The number of allylic oxidation sites excluding steroid dienone is 1. The van der Waals surface area contributed by atoms with Gasteiger partial charge in [0.2, 0.25) is 0 Å². The standard InChI is InChI=1S/C20H28O4/c1-6-23-20(22)18(12-14(2)3)15(4)16(5)19(21)24-13-17-10-8-7-9-11-17/h7-11,15-16,18H,2,6,12-13H2,1,3-5H3/t15?,16?,18-/m1/s1. The van der Waals surface area contributed by atoms with Gasteiger partial charge in [-0.15, -0.1) is 6.58 Å². The van der Waals surface area contributed by atoms with Crippen LogP contribution in [0.4, 0.5) is 0 Å². The molecule has 24 heavy (non-hydrogen) atoms. The third-order valence-electron chi connectivity index (χ3n) is 4.18. The van der Waals surface area contributed by atoms with Crippen LogP contribution in [0.15, 0.2) is 42.5 Å². The molecule has 0 fully saturated rings. The van der Waals surface area contributed by atoms with Crippen LogP contribution in [0, 0.1) is 17.8 Å². The summed E-state index contributed by atoms with van der Waals surface area (Å²) < 4.78 is 10.5. The van der Waals surface area contributed by atoms with Crippen molar-refractivity contribution in [3.05, 3.63) is 48.0 Å². The maximum absolute atomic E-state index is 12.3. The van der Waals surface area contributed by atoms with E-state index < -0.39 is 5.92 Å². The number of esters is 2. The summed E-state index contributed by atoms with van der Waals surface area (Å²) in [5, 5.41) is 0. The molecule has 1 aromatic carbocycles. The maximum atomic E-state index is 12.3. The summed E-state index contributed by atoms with van der Waals surface area (Å²) in [5.41, 5.74) is 1.83. The summed E-state index contributed by atoms with van der Waals surface area (Å²) in [6.07, 6.45) is 0.510. The lowest BCUT2D eigenvalue weighted by atomic mass is 9.80. The van der Waals surface area contributed by atoms with Gasteiger partial charge in [0.25, 0.3) is 0 Å². The molecule has 0 saturated carbocycles. The lowest BCUT2D eigenvalue weighted by Gasteiger charge is -2.26. The highest BCUT2D eigenvalue weighted by Crippen LogP contribution is 2.28. The second kappa shape index (κ2) is 9.91. The van der Waals surface area contributed by atoms with Crippen LogP contribution in [-0.2, 0) is 25.7 Å². The Morgan fingerprint density at radius 2 is 1.71 bits per heavy atom. The second-order valence-electron chi connectivity index (χ2n) is 6.26. The molecule has 1 rings (SSSR count). The Kier molecular flexibility index (Phi) is 8.24. The fourth-order valence-corrected chi connectivity index (χ4v) is 2.53. The lowest BCUT2D eigenvalue weighted by molar-refractivity contribution is -0.156. The van der Waals surface area contributed by atoms with E-state index in [1.54, 1.807) is 13.8 Å². The first kappa shape index (κ1) is 19.9. The van der Waals surface area contributed by atoms with Gasteiger partial charge in [-0.1, -0.05) is 49.8 Å². The molecule has 132 valence electrons. The van der Waals surface area contributed by atoms with E-state index in [-0.39, 0.29) is 30.4 Å². The molecule has 0 aromatic heterocycles. The van der Waals surface area contributed by atoms with Crippen LogP contribution in [0.2, 0.25) is 0 Å². The van der Waals surface area contributed by atoms with Crippen LogP contribution in [0.25, 0.3) is 0 Å². The number of hydrogen-bond donors (Lipinski definition) is 0. The van der Waals surface area contributed by atoms with Gasteiger partial charge in [-0.3, -0.25) is 9.59 Å². The van der Waals surface area contributed by atoms with Crippen LogP contribution < -0.4 is 0 Å². The van der Waals surface area contributed by atoms with Crippen molar-refractivity contribution in [1.82, 2.24) is 0 Å². The quantitative estimate of drug-likeness (QED) is 0.503. The van der Waals surface area contributed by atoms with Crippen LogP contribution in [0.3, 0.4) is 0 Å². The number of carbonyl (C=O) groups excluding carboxylic acids is 2. The van der Waals surface area contributed by atoms with Crippen molar-refractivity contribution < 1.29 is 19.1 Å². The third-order valence-corrected chi connectivity index (χ3v) is 4.18. The first-order chi connectivity index (χ1) is 11.4. The van der Waals surface area contributed by atoms with E-state index in [0.29, 0.717) is 13.0 Å². The van der Waals surface area contributed by atoms with Crippen LogP contribution >= 0.6 is 0 Å². The normalized spacial score (nSPS) is 14.3. The Morgan fingerprint density at radius 1 is 1.08 bits per heavy atom. The van der Waals surface area contributed by atoms with E-state index in [4.69, 9.17) is 9.47 Å². The third kappa shape index (κ3) is 6.19. The molecule has 0 spiro atoms. The van der Waals surface area contributed by atoms with E-state index in [1.165, 1.54) is 0 Å². The molecule has 4 nitrogen and oxygen atoms in total. The van der Waals surface area contributed by atoms with Crippen molar-refractivity contribution in [1.29, 1.82) is 0 Å². The van der Waals surface area contributed by atoms with E-state index >= 15 is 0 Å². The minimum absolute atomic E-state index is 0.191. The molecular weight excluding hydrogens is 304 g/mol. The predicted octanol–water partition coefficient (Wildman–Crippen LogP) is 4.15. The summed E-state index contributed by atoms with van der Waals surface area (Å²) >= 11 is 0. The topological polar surface area (TPSA) is 52.6 Å². The van der Waals surface area contributed by atoms with Crippen molar-refractivity contribution in [2.75, 3.05) is 6.61 Å². The summed E-state index contributed by atoms with van der Waals surface area (Å²) in [6, 6.07) is 9.53. The van der Waals surface area contributed by atoms with Crippen molar-refractivity contribution in [3.8, 4) is 0 Å². The molecule has 0 bridgehead atoms. The van der Waals surface area contributed by atoms with Gasteiger partial charge < -0.3 is 9.47 Å². The van der Waals surface area contributed by atoms with Gasteiger partial charge in [-0.25, -0.2) is 0 Å². The summed E-state index contributed by atoms with van der Waals surface area (Å²) in [4.78, 5) is 24.5. The molecule has 0 saturated heterocycles. The summed E-state index contributed by atoms with van der Waals surface area (Å²) in [5.74, 6) is -1.56. The van der Waals surface area contributed by atoms with Gasteiger partial charge in [-0.2, -0.15) is 0 Å². The SMILES string of the molecule is C=C(C)C[C@@H](C(=O)OCC)C(C)C(C)C(=O)OCc1ccccc1. The fourth-order valence-electron chi connectivity index (χ4n) is 2.53. The van der Waals surface area contributed by atoms with E-state index in [0.717, 1.165) is 11.1 Å². The summed E-state index contributed by atoms with van der Waals surface area (Å²) in [7, 11) is 0. The van der Waals surface area contributed by atoms with Crippen LogP contribution in [0.1, 0.15) is 39.7 Å². The predicted molar refractivity (Wildman–Crippen MR) is 94.1 cm³/mol. The molecule has 0 aliphatic carbocycles. The minimum Gasteiger partial charge on any atom is -0.466 e. The highest BCUT2D eigenvalue weighted by atomic mass is 16.5. The van der Waals surface area contributed by atoms with Gasteiger partial charge in [0.1, 0.15) is 6.61 Å². The van der Waals surface area contributed by atoms with E-state index in [1.807, 2.05) is 44.2 Å². The number of carbonyl (C=O) groups is 2. The molecule has 1 aromatic rings. The highest BCUT2D eigenvalue weighted by Gasteiger charge is 2.34. The smallest absolute Gasteiger partial charge is 0.309 e. The van der Waals surface area contributed by atoms with Gasteiger partial charge in [0, 0.05) is 0 Å². The average Bonchev–Trinajstić information content (AvgIpc) is 2.57. The molecule has 0 heterocycles. The first-order valence-corrected chi connectivity index (χ1v) is 8.38. The Labute approximate surface area is 144 Å². The monoisotopic (exact) mass is 332 g/mol. The van der Waals surface area contributed by atoms with Crippen LogP contribution in [-0.4, -0.2) is 18.5 Å². The van der Waals surface area contributed by atoms with Gasteiger partial charge in [0.15, 0.2) is 0 Å². The zero-order valence-corrected chi connectivity index (χ0v) is 15.1. The Morgan fingerprint density at radius 3 is 2.25 bits per heavy atom. The molecule has 3 atom stereocenters. The Balaban J connectivity index is 2.69. The van der Waals surface area contributed by atoms with Gasteiger partial charge >= 0.3 is 11.9 Å². The number of rotatable bonds is 9. The van der Waals surface area contributed by atoms with Gasteiger partial charge in [0.05, 0.1) is 18.4 Å². The van der Waals surface area contributed by atoms with Crippen molar-refractivity contribution in [3.63, 3.8) is 0 Å². The van der Waals surface area contributed by atoms with Crippen molar-refractivity contribution in [2.24, 2.45) is 17.8 Å². The molecule has 0 radical (unpaired) electrons. The number of ether oxygens (including phenoxy) is 2. The Bertz CT molecular complexity index is 550. The molecule has 0 aliphatic rings. The van der Waals surface area contributed by atoms with Crippen LogP contribution in [0.5, 0.6) is 0 Å². The highest BCUT2D eigenvalue weighted by molar-refractivity contribution is 5.76. The molecule has 4 heteroatoms. The maximum Gasteiger partial charge on any atom is 0.309 e.